The molecule has 1 aromatic carbocycles. The number of hydrogen-bond donors (Lipinski definition) is 1. The molecule has 2 aromatic heterocycles. The van der Waals surface area contributed by atoms with E-state index in [1.165, 1.54) is 32.2 Å². The summed E-state index contributed by atoms with van der Waals surface area (Å²) in [4.78, 5) is 21.8. The summed E-state index contributed by atoms with van der Waals surface area (Å²) in [7, 11) is 1.82. The standard InChI is InChI=1S/C22H23N3O2S2/c1-23-21-24-17(14-28-21)20(26)25-10-8-22(9-11-25)19-16(7-12-27-22)13-18(29-19)15-5-3-2-4-6-15/h2-6,13-14H,7-12H2,1H3,(H,23,24). The van der Waals surface area contributed by atoms with Gasteiger partial charge in [-0.2, -0.15) is 0 Å². The van der Waals surface area contributed by atoms with Crippen molar-refractivity contribution in [3.63, 3.8) is 0 Å². The van der Waals surface area contributed by atoms with Crippen molar-refractivity contribution in [1.29, 1.82) is 0 Å². The van der Waals surface area contributed by atoms with Crippen LogP contribution in [0.5, 0.6) is 0 Å². The van der Waals surface area contributed by atoms with Crippen LogP contribution < -0.4 is 5.32 Å². The van der Waals surface area contributed by atoms with Gasteiger partial charge in [0, 0.05) is 35.3 Å². The summed E-state index contributed by atoms with van der Waals surface area (Å²) >= 11 is 3.32. The minimum atomic E-state index is -0.250. The van der Waals surface area contributed by atoms with Gasteiger partial charge >= 0.3 is 0 Å². The summed E-state index contributed by atoms with van der Waals surface area (Å²) in [6.07, 6.45) is 2.64. The third-order valence-corrected chi connectivity index (χ3v) is 8.10. The van der Waals surface area contributed by atoms with Crippen molar-refractivity contribution in [1.82, 2.24) is 9.88 Å². The zero-order valence-electron chi connectivity index (χ0n) is 16.3. The number of nitrogens with zero attached hydrogens (tertiary/aromatic N) is 2. The van der Waals surface area contributed by atoms with E-state index >= 15 is 0 Å². The molecular weight excluding hydrogens is 402 g/mol. The Kier molecular flexibility index (Phi) is 4.89. The van der Waals surface area contributed by atoms with Crippen molar-refractivity contribution in [2.24, 2.45) is 0 Å². The number of thiophene rings is 1. The van der Waals surface area contributed by atoms with E-state index in [1.54, 1.807) is 0 Å². The lowest BCUT2D eigenvalue weighted by atomic mass is 9.85. The van der Waals surface area contributed by atoms with Crippen LogP contribution in [0.1, 0.15) is 33.8 Å². The number of piperidine rings is 1. The molecule has 0 saturated carbocycles. The Balaban J connectivity index is 1.36. The molecule has 1 fully saturated rings. The van der Waals surface area contributed by atoms with Crippen molar-refractivity contribution in [2.45, 2.75) is 24.9 Å². The molecule has 7 heteroatoms. The lowest BCUT2D eigenvalue weighted by Crippen LogP contribution is -2.47. The van der Waals surface area contributed by atoms with E-state index in [0.717, 1.165) is 31.0 Å². The van der Waals surface area contributed by atoms with Gasteiger partial charge in [0.25, 0.3) is 5.91 Å². The van der Waals surface area contributed by atoms with Crippen LogP contribution in [-0.4, -0.2) is 42.5 Å². The summed E-state index contributed by atoms with van der Waals surface area (Å²) < 4.78 is 6.39. The van der Waals surface area contributed by atoms with Crippen molar-refractivity contribution in [3.8, 4) is 10.4 Å². The molecular formula is C22H23N3O2S2. The highest BCUT2D eigenvalue weighted by atomic mass is 32.1. The maximum absolute atomic E-state index is 12.8. The average Bonchev–Trinajstić information content (AvgIpc) is 3.43. The molecule has 1 saturated heterocycles. The van der Waals surface area contributed by atoms with Gasteiger partial charge in [-0.15, -0.1) is 22.7 Å². The van der Waals surface area contributed by atoms with E-state index in [4.69, 9.17) is 4.74 Å². The zero-order valence-corrected chi connectivity index (χ0v) is 17.9. The van der Waals surface area contributed by atoms with Crippen LogP contribution in [0.3, 0.4) is 0 Å². The number of carbonyl (C=O) groups is 1. The Morgan fingerprint density at radius 1 is 1.24 bits per heavy atom. The number of amides is 1. The van der Waals surface area contributed by atoms with E-state index in [0.29, 0.717) is 18.8 Å². The number of carbonyl (C=O) groups excluding carboxylic acids is 1. The molecule has 3 aromatic rings. The molecule has 0 bridgehead atoms. The number of thiazole rings is 1. The van der Waals surface area contributed by atoms with Crippen molar-refractivity contribution >= 4 is 33.7 Å². The van der Waals surface area contributed by atoms with Gasteiger partial charge in [-0.3, -0.25) is 4.79 Å². The van der Waals surface area contributed by atoms with Gasteiger partial charge in [-0.05, 0) is 36.5 Å². The highest BCUT2D eigenvalue weighted by Crippen LogP contribution is 2.47. The second-order valence-corrected chi connectivity index (χ2v) is 9.41. The monoisotopic (exact) mass is 425 g/mol. The Hall–Kier alpha value is -2.22. The Bertz CT molecular complexity index is 1020. The van der Waals surface area contributed by atoms with Gasteiger partial charge < -0.3 is 15.0 Å². The van der Waals surface area contributed by atoms with Gasteiger partial charge in [0.05, 0.1) is 6.61 Å². The molecule has 5 nitrogen and oxygen atoms in total. The van der Waals surface area contributed by atoms with Crippen LogP contribution in [0.25, 0.3) is 10.4 Å². The number of benzene rings is 1. The highest BCUT2D eigenvalue weighted by Gasteiger charge is 2.43. The lowest BCUT2D eigenvalue weighted by Gasteiger charge is -2.43. The quantitative estimate of drug-likeness (QED) is 0.665. The van der Waals surface area contributed by atoms with Crippen LogP contribution in [0.2, 0.25) is 0 Å². The predicted molar refractivity (Wildman–Crippen MR) is 118 cm³/mol. The summed E-state index contributed by atoms with van der Waals surface area (Å²) in [5.74, 6) is 0.0183. The molecule has 29 heavy (non-hydrogen) atoms. The van der Waals surface area contributed by atoms with E-state index in [2.05, 4.69) is 46.7 Å². The molecule has 2 aliphatic heterocycles. The Labute approximate surface area is 178 Å². The van der Waals surface area contributed by atoms with Gasteiger partial charge in [0.2, 0.25) is 0 Å². The SMILES string of the molecule is CNc1nc(C(=O)N2CCC3(CC2)OCCc2cc(-c4ccccc4)sc23)cs1. The molecule has 5 rings (SSSR count). The average molecular weight is 426 g/mol. The molecule has 4 heterocycles. The van der Waals surface area contributed by atoms with Crippen molar-refractivity contribution in [3.05, 3.63) is 57.9 Å². The van der Waals surface area contributed by atoms with Gasteiger partial charge in [-0.1, -0.05) is 30.3 Å². The maximum atomic E-state index is 12.8. The van der Waals surface area contributed by atoms with E-state index in [-0.39, 0.29) is 11.5 Å². The zero-order chi connectivity index (χ0) is 19.8. The highest BCUT2D eigenvalue weighted by molar-refractivity contribution is 7.15. The van der Waals surface area contributed by atoms with Gasteiger partial charge in [-0.25, -0.2) is 4.98 Å². The van der Waals surface area contributed by atoms with E-state index < -0.39 is 0 Å². The summed E-state index contributed by atoms with van der Waals surface area (Å²) in [6, 6.07) is 12.9. The Morgan fingerprint density at radius 2 is 2.03 bits per heavy atom. The first kappa shape index (κ1) is 18.8. The minimum Gasteiger partial charge on any atom is -0.369 e. The van der Waals surface area contributed by atoms with Crippen molar-refractivity contribution < 1.29 is 9.53 Å². The third kappa shape index (κ3) is 3.37. The van der Waals surface area contributed by atoms with E-state index in [9.17, 15) is 4.79 Å². The van der Waals surface area contributed by atoms with E-state index in [1.807, 2.05) is 28.7 Å². The third-order valence-electron chi connectivity index (χ3n) is 5.83. The predicted octanol–water partition coefficient (Wildman–Crippen LogP) is 4.62. The number of anilines is 1. The topological polar surface area (TPSA) is 54.5 Å². The molecule has 2 aliphatic rings. The first-order chi connectivity index (χ1) is 14.2. The molecule has 1 N–H and O–H groups in total. The number of fused-ring (bicyclic) bond motifs is 2. The van der Waals surface area contributed by atoms with Gasteiger partial charge in [0.1, 0.15) is 11.3 Å². The fraction of sp³-hybridized carbons (Fsp3) is 0.364. The Morgan fingerprint density at radius 3 is 2.76 bits per heavy atom. The first-order valence-electron chi connectivity index (χ1n) is 9.94. The number of aromatic nitrogens is 1. The fourth-order valence-corrected chi connectivity index (χ4v) is 6.32. The second kappa shape index (κ2) is 7.55. The number of ether oxygens (including phenoxy) is 1. The molecule has 0 atom stereocenters. The number of nitrogens with one attached hydrogen (secondary N) is 1. The number of hydrogen-bond acceptors (Lipinski definition) is 6. The first-order valence-corrected chi connectivity index (χ1v) is 11.6. The molecule has 1 spiro atoms. The molecule has 150 valence electrons. The number of rotatable bonds is 3. The van der Waals surface area contributed by atoms with Gasteiger partial charge in [0.15, 0.2) is 5.13 Å². The van der Waals surface area contributed by atoms with Crippen LogP contribution in [0, 0.1) is 0 Å². The van der Waals surface area contributed by atoms with Crippen LogP contribution in [-0.2, 0) is 16.8 Å². The molecule has 1 amide bonds. The summed E-state index contributed by atoms with van der Waals surface area (Å²) in [5.41, 5.74) is 2.96. The number of likely N-dealkylation sites (tertiary alicyclic amines) is 1. The smallest absolute Gasteiger partial charge is 0.273 e. The van der Waals surface area contributed by atoms with Crippen molar-refractivity contribution in [2.75, 3.05) is 32.1 Å². The molecule has 0 aliphatic carbocycles. The largest absolute Gasteiger partial charge is 0.369 e. The fourth-order valence-electron chi connectivity index (χ4n) is 4.26. The summed E-state index contributed by atoms with van der Waals surface area (Å²) in [5, 5.41) is 5.60. The lowest BCUT2D eigenvalue weighted by molar-refractivity contribution is -0.0906. The maximum Gasteiger partial charge on any atom is 0.273 e. The normalized spacial score (nSPS) is 17.9. The second-order valence-electron chi connectivity index (χ2n) is 7.50. The van der Waals surface area contributed by atoms with Crippen LogP contribution in [0.4, 0.5) is 5.13 Å². The molecule has 0 unspecified atom stereocenters. The summed E-state index contributed by atoms with van der Waals surface area (Å²) in [6.45, 7) is 2.15. The molecule has 0 radical (unpaired) electrons. The van der Waals surface area contributed by atoms with Crippen LogP contribution in [0.15, 0.2) is 41.8 Å². The minimum absolute atomic E-state index is 0.0183. The van der Waals surface area contributed by atoms with Crippen LogP contribution >= 0.6 is 22.7 Å².